The van der Waals surface area contributed by atoms with Crippen LogP contribution in [0.3, 0.4) is 0 Å². The smallest absolute Gasteiger partial charge is 0.102 e. The zero-order valence-electron chi connectivity index (χ0n) is 15.0. The summed E-state index contributed by atoms with van der Waals surface area (Å²) in [4.78, 5) is 0. The lowest BCUT2D eigenvalue weighted by molar-refractivity contribution is 0.414. The van der Waals surface area contributed by atoms with Gasteiger partial charge < -0.3 is 0 Å². The second-order valence-electron chi connectivity index (χ2n) is 7.27. The van der Waals surface area contributed by atoms with Gasteiger partial charge in [-0.3, -0.25) is 0 Å². The lowest BCUT2D eigenvalue weighted by atomic mass is 9.78. The number of thioether (sulfide) groups is 2. The molecule has 1 aliphatic rings. The number of hydrogen-bond donors (Lipinski definition) is 0. The van der Waals surface area contributed by atoms with Crippen LogP contribution in [0, 0.1) is 45.3 Å². The van der Waals surface area contributed by atoms with Gasteiger partial charge >= 0.3 is 0 Å². The van der Waals surface area contributed by atoms with E-state index < -0.39 is 14.9 Å². The molecule has 0 unspecified atom stereocenters. The quantitative estimate of drug-likeness (QED) is 0.644. The van der Waals surface area contributed by atoms with Crippen LogP contribution < -0.4 is 0 Å². The molecule has 0 atom stereocenters. The maximum absolute atomic E-state index is 9.34. The summed E-state index contributed by atoms with van der Waals surface area (Å²) in [5.74, 6) is 0.0513. The molecule has 0 N–H and O–H groups in total. The van der Waals surface area contributed by atoms with Gasteiger partial charge in [0, 0.05) is 5.92 Å². The Morgan fingerprint density at radius 1 is 0.833 bits per heavy atom. The van der Waals surface area contributed by atoms with Gasteiger partial charge in [0.25, 0.3) is 0 Å². The molecular weight excluding hydrogens is 334 g/mol. The third-order valence-electron chi connectivity index (χ3n) is 3.56. The summed E-state index contributed by atoms with van der Waals surface area (Å²) in [5, 5.41) is 28.0. The Morgan fingerprint density at radius 3 is 1.58 bits per heavy atom. The van der Waals surface area contributed by atoms with E-state index in [4.69, 9.17) is 0 Å². The van der Waals surface area contributed by atoms with Crippen molar-refractivity contribution in [3.8, 4) is 18.2 Å². The van der Waals surface area contributed by atoms with Gasteiger partial charge in [0.1, 0.15) is 9.49 Å². The van der Waals surface area contributed by atoms with Crippen molar-refractivity contribution < 1.29 is 0 Å². The molecule has 0 aromatic rings. The molecule has 0 amide bonds. The molecule has 3 nitrogen and oxygen atoms in total. The molecule has 0 saturated heterocycles. The summed E-state index contributed by atoms with van der Waals surface area (Å²) < 4.78 is -0.204. The second-order valence-corrected chi connectivity index (χ2v) is 10.8. The number of nitriles is 3. The van der Waals surface area contributed by atoms with Crippen LogP contribution >= 0.6 is 23.5 Å². The Kier molecular flexibility index (Phi) is 6.40. The minimum Gasteiger partial charge on any atom is -0.198 e. The second kappa shape index (κ2) is 7.52. The van der Waals surface area contributed by atoms with E-state index in [2.05, 4.69) is 18.2 Å². The van der Waals surface area contributed by atoms with Gasteiger partial charge in [-0.1, -0.05) is 47.8 Å². The first-order chi connectivity index (χ1) is 11.0. The molecule has 0 spiro atoms. The van der Waals surface area contributed by atoms with Gasteiger partial charge in [0.15, 0.2) is 0 Å². The maximum Gasteiger partial charge on any atom is 0.102 e. The van der Waals surface area contributed by atoms with Crippen molar-refractivity contribution in [2.24, 2.45) is 11.3 Å². The third-order valence-corrected chi connectivity index (χ3v) is 6.10. The number of hydrogen-bond acceptors (Lipinski definition) is 5. The average molecular weight is 358 g/mol. The number of nitrogens with zero attached hydrogens (tertiary/aromatic N) is 3. The van der Waals surface area contributed by atoms with Crippen molar-refractivity contribution >= 4 is 23.5 Å². The summed E-state index contributed by atoms with van der Waals surface area (Å²) in [6.45, 7) is 11.3. The van der Waals surface area contributed by atoms with E-state index in [1.807, 2.05) is 65.8 Å². The van der Waals surface area contributed by atoms with E-state index in [1.165, 1.54) is 23.5 Å². The van der Waals surface area contributed by atoms with Gasteiger partial charge in [-0.25, -0.2) is 0 Å². The highest BCUT2D eigenvalue weighted by Crippen LogP contribution is 2.46. The Hall–Kier alpha value is -1.61. The summed E-state index contributed by atoms with van der Waals surface area (Å²) in [5.41, 5.74) is 0.526. The fourth-order valence-electron chi connectivity index (χ4n) is 1.87. The lowest BCUT2D eigenvalue weighted by Crippen LogP contribution is -2.20. The molecular formula is C19H23N3S2. The molecule has 5 heteroatoms. The van der Waals surface area contributed by atoms with Crippen LogP contribution in [0.5, 0.6) is 0 Å². The number of rotatable bonds is 5. The summed E-state index contributed by atoms with van der Waals surface area (Å²) in [7, 11) is 0. The van der Waals surface area contributed by atoms with Gasteiger partial charge in [-0.15, -0.1) is 0 Å². The highest BCUT2D eigenvalue weighted by Gasteiger charge is 2.30. The number of allylic oxidation sites excluding steroid dienone is 5. The Bertz CT molecular complexity index is 658. The SMILES string of the molecule is CC(C)(C#N)SC(SC(C)(C)C#N)=C1C=CC(C(C)(C)C#N)C=C1. The molecule has 0 saturated carbocycles. The van der Waals surface area contributed by atoms with Crippen LogP contribution in [-0.2, 0) is 0 Å². The van der Waals surface area contributed by atoms with E-state index in [9.17, 15) is 15.8 Å². The molecule has 0 bridgehead atoms. The molecule has 0 aromatic carbocycles. The maximum atomic E-state index is 9.34. The first kappa shape index (κ1) is 20.4. The topological polar surface area (TPSA) is 71.4 Å². The van der Waals surface area contributed by atoms with E-state index in [-0.39, 0.29) is 5.92 Å². The van der Waals surface area contributed by atoms with Crippen molar-refractivity contribution in [3.63, 3.8) is 0 Å². The van der Waals surface area contributed by atoms with Crippen LogP contribution in [-0.4, -0.2) is 9.49 Å². The molecule has 0 aromatic heterocycles. The first-order valence-electron chi connectivity index (χ1n) is 7.69. The van der Waals surface area contributed by atoms with E-state index in [0.717, 1.165) is 9.81 Å². The molecule has 1 aliphatic carbocycles. The third kappa shape index (κ3) is 5.48. The first-order valence-corrected chi connectivity index (χ1v) is 9.32. The lowest BCUT2D eigenvalue weighted by Gasteiger charge is -2.27. The van der Waals surface area contributed by atoms with Crippen molar-refractivity contribution in [3.05, 3.63) is 34.1 Å². The van der Waals surface area contributed by atoms with E-state index in [1.54, 1.807) is 0 Å². The predicted octanol–water partition coefficient (Wildman–Crippen LogP) is 5.56. The van der Waals surface area contributed by atoms with Gasteiger partial charge in [0.05, 0.1) is 27.9 Å². The normalized spacial score (nSPS) is 17.8. The van der Waals surface area contributed by atoms with Crippen LogP contribution in [0.15, 0.2) is 34.1 Å². The van der Waals surface area contributed by atoms with Crippen LogP contribution in [0.25, 0.3) is 0 Å². The molecule has 0 aliphatic heterocycles. The predicted molar refractivity (Wildman–Crippen MR) is 103 cm³/mol. The average Bonchev–Trinajstić information content (AvgIpc) is 2.54. The zero-order chi connectivity index (χ0) is 18.6. The largest absolute Gasteiger partial charge is 0.198 e. The molecule has 126 valence electrons. The molecule has 0 heterocycles. The van der Waals surface area contributed by atoms with E-state index >= 15 is 0 Å². The fraction of sp³-hybridized carbons (Fsp3) is 0.526. The summed E-state index contributed by atoms with van der Waals surface area (Å²) >= 11 is 2.95. The Morgan fingerprint density at radius 2 is 1.25 bits per heavy atom. The minimum atomic E-state index is -0.578. The van der Waals surface area contributed by atoms with Crippen LogP contribution in [0.1, 0.15) is 41.5 Å². The standard InChI is InChI=1S/C19H23N3S2/c1-17(2,11-20)15-9-7-14(8-10-15)16(23-18(3,4)12-21)24-19(5,6)13-22/h7-10,15H,1-6H3. The van der Waals surface area contributed by atoms with E-state index in [0.29, 0.717) is 0 Å². The zero-order valence-corrected chi connectivity index (χ0v) is 16.7. The van der Waals surface area contributed by atoms with Crippen molar-refractivity contribution in [2.75, 3.05) is 0 Å². The van der Waals surface area contributed by atoms with Gasteiger partial charge in [0.2, 0.25) is 0 Å². The van der Waals surface area contributed by atoms with Gasteiger partial charge in [-0.05, 0) is 47.1 Å². The minimum absolute atomic E-state index is 0.0513. The van der Waals surface area contributed by atoms with Crippen LogP contribution in [0.2, 0.25) is 0 Å². The molecule has 24 heavy (non-hydrogen) atoms. The van der Waals surface area contributed by atoms with Crippen LogP contribution in [0.4, 0.5) is 0 Å². The molecule has 1 rings (SSSR count). The van der Waals surface area contributed by atoms with Gasteiger partial charge in [-0.2, -0.15) is 15.8 Å². The molecule has 0 fully saturated rings. The van der Waals surface area contributed by atoms with Crippen molar-refractivity contribution in [2.45, 2.75) is 51.0 Å². The highest BCUT2D eigenvalue weighted by atomic mass is 32.2. The summed E-state index contributed by atoms with van der Waals surface area (Å²) in [6, 6.07) is 6.93. The summed E-state index contributed by atoms with van der Waals surface area (Å²) in [6.07, 6.45) is 8.05. The van der Waals surface area contributed by atoms with Crippen molar-refractivity contribution in [1.82, 2.24) is 0 Å². The fourth-order valence-corrected chi connectivity index (χ4v) is 4.82. The monoisotopic (exact) mass is 357 g/mol. The Labute approximate surface area is 154 Å². The molecule has 0 radical (unpaired) electrons. The Balaban J connectivity index is 3.22. The highest BCUT2D eigenvalue weighted by molar-refractivity contribution is 8.23. The van der Waals surface area contributed by atoms with Crippen molar-refractivity contribution in [1.29, 1.82) is 15.8 Å².